The number of rotatable bonds is 4. The lowest BCUT2D eigenvalue weighted by Gasteiger charge is -2.31. The van der Waals surface area contributed by atoms with Crippen LogP contribution in [0.3, 0.4) is 0 Å². The number of primary amides is 1. The van der Waals surface area contributed by atoms with Crippen molar-refractivity contribution in [3.63, 3.8) is 0 Å². The Balaban J connectivity index is 2.14. The summed E-state index contributed by atoms with van der Waals surface area (Å²) in [6.45, 7) is 1.33. The van der Waals surface area contributed by atoms with Crippen LogP contribution in [0.25, 0.3) is 0 Å². The van der Waals surface area contributed by atoms with Gasteiger partial charge in [-0.05, 0) is 25.0 Å². The predicted octanol–water partition coefficient (Wildman–Crippen LogP) is 0.827. The Kier molecular flexibility index (Phi) is 5.03. The van der Waals surface area contributed by atoms with Crippen LogP contribution in [-0.4, -0.2) is 41.6 Å². The van der Waals surface area contributed by atoms with E-state index in [0.717, 1.165) is 24.3 Å². The fourth-order valence-corrected chi connectivity index (χ4v) is 3.07. The molecular weight excluding hydrogens is 274 g/mol. The van der Waals surface area contributed by atoms with E-state index in [4.69, 9.17) is 11.5 Å². The highest BCUT2D eigenvalue weighted by molar-refractivity contribution is 8.00. The fraction of sp³-hybridized carbons (Fsp3) is 0.429. The summed E-state index contributed by atoms with van der Waals surface area (Å²) in [5, 5.41) is 0. The summed E-state index contributed by atoms with van der Waals surface area (Å²) >= 11 is 1.29. The SMILES string of the molecule is NC(=O)CSc1ccccc1C(=O)N1CCCC(N)C1. The van der Waals surface area contributed by atoms with Gasteiger partial charge in [-0.2, -0.15) is 0 Å². The van der Waals surface area contributed by atoms with Gasteiger partial charge in [-0.1, -0.05) is 12.1 Å². The molecule has 20 heavy (non-hydrogen) atoms. The van der Waals surface area contributed by atoms with Gasteiger partial charge in [0, 0.05) is 24.0 Å². The smallest absolute Gasteiger partial charge is 0.255 e. The molecule has 1 aromatic carbocycles. The zero-order valence-electron chi connectivity index (χ0n) is 11.2. The van der Waals surface area contributed by atoms with Crippen LogP contribution in [0, 0.1) is 0 Å². The highest BCUT2D eigenvalue weighted by Crippen LogP contribution is 2.24. The summed E-state index contributed by atoms with van der Waals surface area (Å²) in [4.78, 5) is 26.0. The first kappa shape index (κ1) is 14.9. The Hall–Kier alpha value is -1.53. The van der Waals surface area contributed by atoms with E-state index < -0.39 is 5.91 Å². The van der Waals surface area contributed by atoms with Crippen LogP contribution in [0.2, 0.25) is 0 Å². The number of hydrogen-bond donors (Lipinski definition) is 2. The van der Waals surface area contributed by atoms with Crippen molar-refractivity contribution in [2.75, 3.05) is 18.8 Å². The number of thioether (sulfide) groups is 1. The minimum Gasteiger partial charge on any atom is -0.369 e. The molecule has 0 aliphatic carbocycles. The quantitative estimate of drug-likeness (QED) is 0.805. The minimum absolute atomic E-state index is 0.0206. The summed E-state index contributed by atoms with van der Waals surface area (Å²) in [6.07, 6.45) is 1.89. The Labute approximate surface area is 122 Å². The normalized spacial score (nSPS) is 18.9. The Bertz CT molecular complexity index is 507. The van der Waals surface area contributed by atoms with E-state index >= 15 is 0 Å². The molecule has 0 bridgehead atoms. The average molecular weight is 293 g/mol. The van der Waals surface area contributed by atoms with E-state index in [2.05, 4.69) is 0 Å². The monoisotopic (exact) mass is 293 g/mol. The van der Waals surface area contributed by atoms with Crippen LogP contribution < -0.4 is 11.5 Å². The molecule has 6 heteroatoms. The van der Waals surface area contributed by atoms with Crippen LogP contribution in [0.4, 0.5) is 0 Å². The standard InChI is InChI=1S/C14H19N3O2S/c15-10-4-3-7-17(8-10)14(19)11-5-1-2-6-12(11)20-9-13(16)18/h1-2,5-6,10H,3-4,7-9,15H2,(H2,16,18). The van der Waals surface area contributed by atoms with Gasteiger partial charge in [0.2, 0.25) is 5.91 Å². The predicted molar refractivity (Wildman–Crippen MR) is 79.5 cm³/mol. The van der Waals surface area contributed by atoms with E-state index in [1.165, 1.54) is 11.8 Å². The molecule has 0 saturated carbocycles. The molecule has 5 nitrogen and oxygen atoms in total. The fourth-order valence-electron chi connectivity index (χ4n) is 2.28. The first-order valence-corrected chi connectivity index (χ1v) is 7.61. The number of nitrogens with two attached hydrogens (primary N) is 2. The summed E-state index contributed by atoms with van der Waals surface area (Å²) in [7, 11) is 0. The summed E-state index contributed by atoms with van der Waals surface area (Å²) < 4.78 is 0. The third-order valence-corrected chi connectivity index (χ3v) is 4.33. The van der Waals surface area contributed by atoms with E-state index in [9.17, 15) is 9.59 Å². The molecule has 1 aliphatic heterocycles. The summed E-state index contributed by atoms with van der Waals surface area (Å²) in [6, 6.07) is 7.35. The molecule has 108 valence electrons. The Morgan fingerprint density at radius 2 is 2.10 bits per heavy atom. The van der Waals surface area contributed by atoms with Crippen molar-refractivity contribution >= 4 is 23.6 Å². The molecule has 1 aliphatic rings. The van der Waals surface area contributed by atoms with Crippen molar-refractivity contribution in [3.05, 3.63) is 29.8 Å². The van der Waals surface area contributed by atoms with Crippen molar-refractivity contribution < 1.29 is 9.59 Å². The zero-order valence-corrected chi connectivity index (χ0v) is 12.1. The lowest BCUT2D eigenvalue weighted by molar-refractivity contribution is -0.115. The number of nitrogens with zero attached hydrogens (tertiary/aromatic N) is 1. The second kappa shape index (κ2) is 6.76. The first-order valence-electron chi connectivity index (χ1n) is 6.63. The van der Waals surface area contributed by atoms with Gasteiger partial charge in [0.25, 0.3) is 5.91 Å². The molecule has 0 radical (unpaired) electrons. The van der Waals surface area contributed by atoms with Crippen LogP contribution in [0.1, 0.15) is 23.2 Å². The number of hydrogen-bond acceptors (Lipinski definition) is 4. The number of carbonyl (C=O) groups is 2. The summed E-state index contributed by atoms with van der Waals surface area (Å²) in [5.74, 6) is -0.242. The third kappa shape index (κ3) is 3.74. The maximum atomic E-state index is 12.6. The van der Waals surface area contributed by atoms with Crippen molar-refractivity contribution in [1.82, 2.24) is 4.90 Å². The molecule has 0 aromatic heterocycles. The number of piperidine rings is 1. The molecule has 4 N–H and O–H groups in total. The van der Waals surface area contributed by atoms with Crippen LogP contribution in [0.5, 0.6) is 0 Å². The van der Waals surface area contributed by atoms with Gasteiger partial charge in [0.05, 0.1) is 11.3 Å². The highest BCUT2D eigenvalue weighted by Gasteiger charge is 2.24. The molecule has 1 fully saturated rings. The van der Waals surface area contributed by atoms with Gasteiger partial charge in [-0.3, -0.25) is 9.59 Å². The van der Waals surface area contributed by atoms with Gasteiger partial charge >= 0.3 is 0 Å². The molecule has 2 amide bonds. The molecular formula is C14H19N3O2S. The largest absolute Gasteiger partial charge is 0.369 e. The maximum absolute atomic E-state index is 12.6. The van der Waals surface area contributed by atoms with Crippen LogP contribution in [-0.2, 0) is 4.79 Å². The van der Waals surface area contributed by atoms with Gasteiger partial charge in [-0.15, -0.1) is 11.8 Å². The molecule has 0 spiro atoms. The van der Waals surface area contributed by atoms with E-state index in [1.807, 2.05) is 18.2 Å². The zero-order chi connectivity index (χ0) is 14.5. The summed E-state index contributed by atoms with van der Waals surface area (Å²) in [5.41, 5.74) is 11.7. The van der Waals surface area contributed by atoms with Crippen LogP contribution in [0.15, 0.2) is 29.2 Å². The number of benzene rings is 1. The second-order valence-electron chi connectivity index (χ2n) is 4.90. The number of carbonyl (C=O) groups excluding carboxylic acids is 2. The van der Waals surface area contributed by atoms with Crippen molar-refractivity contribution in [3.8, 4) is 0 Å². The third-order valence-electron chi connectivity index (χ3n) is 3.23. The minimum atomic E-state index is -0.391. The van der Waals surface area contributed by atoms with Gasteiger partial charge in [0.1, 0.15) is 0 Å². The lowest BCUT2D eigenvalue weighted by atomic mass is 10.1. The molecule has 1 unspecified atom stereocenters. The molecule has 1 aromatic rings. The topological polar surface area (TPSA) is 89.4 Å². The van der Waals surface area contributed by atoms with E-state index in [-0.39, 0.29) is 17.7 Å². The number of likely N-dealkylation sites (tertiary alicyclic amines) is 1. The van der Waals surface area contributed by atoms with Gasteiger partial charge in [0.15, 0.2) is 0 Å². The molecule has 1 saturated heterocycles. The van der Waals surface area contributed by atoms with Crippen molar-refractivity contribution in [2.24, 2.45) is 11.5 Å². The maximum Gasteiger partial charge on any atom is 0.255 e. The first-order chi connectivity index (χ1) is 9.58. The average Bonchev–Trinajstić information content (AvgIpc) is 2.44. The van der Waals surface area contributed by atoms with Crippen LogP contribution >= 0.6 is 11.8 Å². The van der Waals surface area contributed by atoms with E-state index in [1.54, 1.807) is 11.0 Å². The molecule has 2 rings (SSSR count). The van der Waals surface area contributed by atoms with Gasteiger partial charge in [-0.25, -0.2) is 0 Å². The van der Waals surface area contributed by atoms with Crippen molar-refractivity contribution in [1.29, 1.82) is 0 Å². The Morgan fingerprint density at radius 3 is 2.80 bits per heavy atom. The number of amides is 2. The molecule has 1 heterocycles. The Morgan fingerprint density at radius 1 is 1.35 bits per heavy atom. The highest BCUT2D eigenvalue weighted by atomic mass is 32.2. The molecule has 1 atom stereocenters. The van der Waals surface area contributed by atoms with Gasteiger partial charge < -0.3 is 16.4 Å². The van der Waals surface area contributed by atoms with E-state index in [0.29, 0.717) is 12.1 Å². The van der Waals surface area contributed by atoms with Crippen molar-refractivity contribution in [2.45, 2.75) is 23.8 Å². The second-order valence-corrected chi connectivity index (χ2v) is 5.92. The lowest BCUT2D eigenvalue weighted by Crippen LogP contribution is -2.45.